The van der Waals surface area contributed by atoms with Gasteiger partial charge in [-0.1, -0.05) is 12.1 Å². The largest absolute Gasteiger partial charge is 0.360 e. The van der Waals surface area contributed by atoms with Crippen LogP contribution in [0, 0.1) is 0 Å². The van der Waals surface area contributed by atoms with Crippen molar-refractivity contribution in [3.8, 4) is 0 Å². The second-order valence-corrected chi connectivity index (χ2v) is 6.37. The zero-order chi connectivity index (χ0) is 17.3. The van der Waals surface area contributed by atoms with Crippen molar-refractivity contribution < 1.29 is 9.59 Å². The second kappa shape index (κ2) is 6.09. The number of nitrogens with zero attached hydrogens (tertiary/aromatic N) is 1. The molecule has 1 aromatic heterocycles. The molecule has 2 amide bonds. The van der Waals surface area contributed by atoms with E-state index in [0.717, 1.165) is 12.8 Å². The molecule has 0 aliphatic heterocycles. The first-order valence-corrected chi connectivity index (χ1v) is 7.81. The molecule has 7 heteroatoms. The number of H-pyrrole nitrogens is 1. The number of benzene rings is 1. The number of aromatic amines is 1. The molecule has 0 radical (unpaired) electrons. The van der Waals surface area contributed by atoms with Gasteiger partial charge in [-0.3, -0.25) is 14.4 Å². The van der Waals surface area contributed by atoms with E-state index in [1.807, 2.05) is 0 Å². The van der Waals surface area contributed by atoms with Gasteiger partial charge in [-0.05, 0) is 25.0 Å². The SMILES string of the molecule is CN(CC1(N)CC1)C(=O)CNC(=O)c1c[nH]c2ccccc2c1=O. The van der Waals surface area contributed by atoms with Gasteiger partial charge in [-0.15, -0.1) is 0 Å². The molecule has 1 aromatic carbocycles. The molecule has 1 heterocycles. The van der Waals surface area contributed by atoms with Crippen molar-refractivity contribution in [2.75, 3.05) is 20.1 Å². The highest BCUT2D eigenvalue weighted by Crippen LogP contribution is 2.32. The Morgan fingerprint density at radius 3 is 2.75 bits per heavy atom. The summed E-state index contributed by atoms with van der Waals surface area (Å²) in [5, 5.41) is 2.94. The average molecular weight is 328 g/mol. The number of carbonyl (C=O) groups is 2. The van der Waals surface area contributed by atoms with Crippen molar-refractivity contribution in [1.82, 2.24) is 15.2 Å². The van der Waals surface area contributed by atoms with Crippen LogP contribution in [0.5, 0.6) is 0 Å². The number of nitrogens with one attached hydrogen (secondary N) is 2. The zero-order valence-corrected chi connectivity index (χ0v) is 13.5. The minimum absolute atomic E-state index is 0.0124. The lowest BCUT2D eigenvalue weighted by molar-refractivity contribution is -0.129. The van der Waals surface area contributed by atoms with Gasteiger partial charge in [-0.2, -0.15) is 0 Å². The Hall–Kier alpha value is -2.67. The molecule has 1 saturated carbocycles. The fourth-order valence-corrected chi connectivity index (χ4v) is 2.60. The molecule has 0 atom stereocenters. The monoisotopic (exact) mass is 328 g/mol. The Morgan fingerprint density at radius 2 is 2.04 bits per heavy atom. The summed E-state index contributed by atoms with van der Waals surface area (Å²) < 4.78 is 0. The van der Waals surface area contributed by atoms with Gasteiger partial charge in [0, 0.05) is 36.2 Å². The van der Waals surface area contributed by atoms with Crippen molar-refractivity contribution in [1.29, 1.82) is 0 Å². The number of fused-ring (bicyclic) bond motifs is 1. The number of likely N-dealkylation sites (N-methyl/N-ethyl adjacent to an activating group) is 1. The Kier molecular flexibility index (Phi) is 4.11. The molecular weight excluding hydrogens is 308 g/mol. The Labute approximate surface area is 138 Å². The molecule has 126 valence electrons. The molecule has 2 aromatic rings. The maximum atomic E-state index is 12.4. The van der Waals surface area contributed by atoms with Gasteiger partial charge >= 0.3 is 0 Å². The first-order chi connectivity index (χ1) is 11.4. The van der Waals surface area contributed by atoms with Crippen LogP contribution in [0.3, 0.4) is 0 Å². The molecule has 4 N–H and O–H groups in total. The minimum Gasteiger partial charge on any atom is -0.360 e. The van der Waals surface area contributed by atoms with E-state index in [9.17, 15) is 14.4 Å². The van der Waals surface area contributed by atoms with Crippen LogP contribution in [0.1, 0.15) is 23.2 Å². The fourth-order valence-electron chi connectivity index (χ4n) is 2.60. The number of carbonyl (C=O) groups excluding carboxylic acids is 2. The predicted octanol–water partition coefficient (Wildman–Crippen LogP) is 0.208. The van der Waals surface area contributed by atoms with E-state index in [0.29, 0.717) is 17.4 Å². The molecular formula is C17H20N4O3. The van der Waals surface area contributed by atoms with Gasteiger partial charge < -0.3 is 20.9 Å². The molecule has 0 bridgehead atoms. The third kappa shape index (κ3) is 3.30. The fraction of sp³-hybridized carbons (Fsp3) is 0.353. The third-order valence-corrected chi connectivity index (χ3v) is 4.30. The molecule has 0 saturated heterocycles. The van der Waals surface area contributed by atoms with E-state index >= 15 is 0 Å². The standard InChI is InChI=1S/C17H20N4O3/c1-21(10-17(18)6-7-17)14(22)9-20-16(24)12-8-19-13-5-3-2-4-11(13)15(12)23/h2-5,8H,6-7,9-10,18H2,1H3,(H,19,23)(H,20,24). The van der Waals surface area contributed by atoms with Crippen LogP contribution in [0.4, 0.5) is 0 Å². The number of para-hydroxylation sites is 1. The Balaban J connectivity index is 1.66. The lowest BCUT2D eigenvalue weighted by Gasteiger charge is -2.21. The summed E-state index contributed by atoms with van der Waals surface area (Å²) in [6.07, 6.45) is 3.18. The number of amides is 2. The smallest absolute Gasteiger partial charge is 0.257 e. The molecule has 1 fully saturated rings. The number of nitrogens with two attached hydrogens (primary N) is 1. The molecule has 1 aliphatic carbocycles. The van der Waals surface area contributed by atoms with Crippen LogP contribution < -0.4 is 16.5 Å². The van der Waals surface area contributed by atoms with Crippen LogP contribution in [0.2, 0.25) is 0 Å². The first kappa shape index (κ1) is 16.2. The lowest BCUT2D eigenvalue weighted by atomic mass is 10.1. The average Bonchev–Trinajstić information content (AvgIpc) is 3.29. The van der Waals surface area contributed by atoms with E-state index in [2.05, 4.69) is 10.3 Å². The number of pyridine rings is 1. The highest BCUT2D eigenvalue weighted by molar-refractivity contribution is 5.98. The molecule has 1 aliphatic rings. The van der Waals surface area contributed by atoms with Crippen LogP contribution in [0.25, 0.3) is 10.9 Å². The molecule has 3 rings (SSSR count). The summed E-state index contributed by atoms with van der Waals surface area (Å²) in [7, 11) is 1.66. The van der Waals surface area contributed by atoms with Gasteiger partial charge in [0.2, 0.25) is 11.3 Å². The van der Waals surface area contributed by atoms with Crippen LogP contribution in [-0.2, 0) is 4.79 Å². The third-order valence-electron chi connectivity index (χ3n) is 4.30. The van der Waals surface area contributed by atoms with Crippen LogP contribution in [-0.4, -0.2) is 47.4 Å². The van der Waals surface area contributed by atoms with Crippen molar-refractivity contribution in [3.63, 3.8) is 0 Å². The van der Waals surface area contributed by atoms with Gasteiger partial charge in [0.1, 0.15) is 5.56 Å². The van der Waals surface area contributed by atoms with Crippen LogP contribution in [0.15, 0.2) is 35.3 Å². The molecule has 24 heavy (non-hydrogen) atoms. The Morgan fingerprint density at radius 1 is 1.33 bits per heavy atom. The second-order valence-electron chi connectivity index (χ2n) is 6.37. The summed E-state index contributed by atoms with van der Waals surface area (Å²) in [5.41, 5.74) is 5.99. The van der Waals surface area contributed by atoms with Crippen LogP contribution >= 0.6 is 0 Å². The predicted molar refractivity (Wildman–Crippen MR) is 90.7 cm³/mol. The van der Waals surface area contributed by atoms with Crippen molar-refractivity contribution in [3.05, 3.63) is 46.2 Å². The number of hydrogen-bond acceptors (Lipinski definition) is 4. The summed E-state index contributed by atoms with van der Waals surface area (Å²) in [4.78, 5) is 41.0. The van der Waals surface area contributed by atoms with Gasteiger partial charge in [0.15, 0.2) is 0 Å². The van der Waals surface area contributed by atoms with E-state index in [-0.39, 0.29) is 29.0 Å². The van der Waals surface area contributed by atoms with E-state index < -0.39 is 5.91 Å². The van der Waals surface area contributed by atoms with Crippen molar-refractivity contribution in [2.45, 2.75) is 18.4 Å². The molecule has 0 unspecified atom stereocenters. The summed E-state index contributed by atoms with van der Waals surface area (Å²) in [6, 6.07) is 6.95. The lowest BCUT2D eigenvalue weighted by Crippen LogP contribution is -2.45. The van der Waals surface area contributed by atoms with E-state index in [1.165, 1.54) is 11.1 Å². The minimum atomic E-state index is -0.572. The zero-order valence-electron chi connectivity index (χ0n) is 13.5. The Bertz CT molecular complexity index is 854. The first-order valence-electron chi connectivity index (χ1n) is 7.81. The summed E-state index contributed by atoms with van der Waals surface area (Å²) in [6.45, 7) is 0.302. The highest BCUT2D eigenvalue weighted by atomic mass is 16.2. The van der Waals surface area contributed by atoms with E-state index in [4.69, 9.17) is 5.73 Å². The van der Waals surface area contributed by atoms with Gasteiger partial charge in [0.25, 0.3) is 5.91 Å². The summed E-state index contributed by atoms with van der Waals surface area (Å²) >= 11 is 0. The van der Waals surface area contributed by atoms with Crippen molar-refractivity contribution >= 4 is 22.7 Å². The maximum Gasteiger partial charge on any atom is 0.257 e. The topological polar surface area (TPSA) is 108 Å². The number of rotatable bonds is 5. The highest BCUT2D eigenvalue weighted by Gasteiger charge is 2.39. The normalized spacial score (nSPS) is 15.1. The number of aromatic nitrogens is 1. The summed E-state index contributed by atoms with van der Waals surface area (Å²) in [5.74, 6) is -0.810. The number of hydrogen-bond donors (Lipinski definition) is 3. The molecule has 0 spiro atoms. The maximum absolute atomic E-state index is 12.4. The van der Waals surface area contributed by atoms with Crippen molar-refractivity contribution in [2.24, 2.45) is 5.73 Å². The molecule has 7 nitrogen and oxygen atoms in total. The quantitative estimate of drug-likeness (QED) is 0.729. The van der Waals surface area contributed by atoms with Gasteiger partial charge in [0.05, 0.1) is 6.54 Å². The van der Waals surface area contributed by atoms with Gasteiger partial charge in [-0.25, -0.2) is 0 Å². The van der Waals surface area contributed by atoms with E-state index in [1.54, 1.807) is 31.3 Å².